The van der Waals surface area contributed by atoms with E-state index >= 15 is 0 Å². The van der Waals surface area contributed by atoms with Crippen LogP contribution in [0.25, 0.3) is 11.3 Å². The van der Waals surface area contributed by atoms with Crippen molar-refractivity contribution >= 4 is 17.3 Å². The van der Waals surface area contributed by atoms with Crippen LogP contribution in [0, 0.1) is 0 Å². The molecular formula is C31H29F9N6S. The van der Waals surface area contributed by atoms with Crippen LogP contribution in [0.2, 0.25) is 0 Å². The third-order valence-electron chi connectivity index (χ3n) is 7.87. The fourth-order valence-corrected chi connectivity index (χ4v) is 6.62. The standard InChI is InChI=1S/C31H29F9N6S/c1-4-25-26(41-27(47-25)19-7-5-17(2)6-8-19)24-10-9-21(29(32,33)34)13-20(24)16-46(28-42-44-45(3)43-28)15-18-11-22(30(35,36)37)14-23(12-18)31(38,39)40/h5,9-14,19H,4,6-8,15-16H2,1-3H3. The van der Waals surface area contributed by atoms with Crippen molar-refractivity contribution in [2.75, 3.05) is 4.90 Å². The number of aryl methyl sites for hydroxylation is 2. The van der Waals surface area contributed by atoms with Crippen LogP contribution in [0.5, 0.6) is 0 Å². The first kappa shape index (κ1) is 34.4. The molecule has 0 aliphatic heterocycles. The van der Waals surface area contributed by atoms with Gasteiger partial charge in [-0.1, -0.05) is 29.7 Å². The van der Waals surface area contributed by atoms with E-state index in [9.17, 15) is 39.5 Å². The molecule has 5 rings (SSSR count). The number of alkyl halides is 9. The van der Waals surface area contributed by atoms with Gasteiger partial charge in [0.1, 0.15) is 0 Å². The van der Waals surface area contributed by atoms with Crippen molar-refractivity contribution < 1.29 is 39.5 Å². The fourth-order valence-electron chi connectivity index (χ4n) is 5.45. The number of thiazole rings is 1. The number of nitrogens with zero attached hydrogens (tertiary/aromatic N) is 6. The normalized spacial score (nSPS) is 16.0. The summed E-state index contributed by atoms with van der Waals surface area (Å²) in [5.41, 5.74) is -2.24. The SMILES string of the molecule is CCc1sc(C2CC=C(C)CC2)nc1-c1ccc(C(F)(F)F)cc1CN(Cc1cc(C(F)(F)F)cc(C(F)(F)F)c1)c1nnn(C)n1. The fraction of sp³-hybridized carbons (Fsp3) is 0.419. The highest BCUT2D eigenvalue weighted by Gasteiger charge is 2.37. The minimum atomic E-state index is -5.09. The van der Waals surface area contributed by atoms with Crippen molar-refractivity contribution in [3.8, 4) is 11.3 Å². The van der Waals surface area contributed by atoms with E-state index in [1.54, 1.807) is 0 Å². The van der Waals surface area contributed by atoms with E-state index in [-0.39, 0.29) is 23.5 Å². The van der Waals surface area contributed by atoms with Crippen LogP contribution in [0.3, 0.4) is 0 Å². The number of hydrogen-bond acceptors (Lipinski definition) is 6. The average Bonchev–Trinajstić information content (AvgIpc) is 3.62. The molecule has 2 heterocycles. The molecule has 0 spiro atoms. The zero-order valence-electron chi connectivity index (χ0n) is 25.4. The molecule has 252 valence electrons. The lowest BCUT2D eigenvalue weighted by Gasteiger charge is -2.24. The predicted octanol–water partition coefficient (Wildman–Crippen LogP) is 9.37. The predicted molar refractivity (Wildman–Crippen MR) is 157 cm³/mol. The second kappa shape index (κ2) is 12.9. The van der Waals surface area contributed by atoms with Gasteiger partial charge in [-0.05, 0) is 79.3 Å². The Balaban J connectivity index is 1.62. The van der Waals surface area contributed by atoms with E-state index in [2.05, 4.69) is 28.4 Å². The topological polar surface area (TPSA) is 59.7 Å². The van der Waals surface area contributed by atoms with Crippen molar-refractivity contribution in [2.24, 2.45) is 7.05 Å². The summed E-state index contributed by atoms with van der Waals surface area (Å²) in [6, 6.07) is 4.28. The van der Waals surface area contributed by atoms with Gasteiger partial charge >= 0.3 is 18.5 Å². The number of anilines is 1. The lowest BCUT2D eigenvalue weighted by Crippen LogP contribution is -2.25. The molecule has 0 bridgehead atoms. The molecule has 47 heavy (non-hydrogen) atoms. The molecule has 0 amide bonds. The highest BCUT2D eigenvalue weighted by atomic mass is 32.1. The minimum Gasteiger partial charge on any atom is -0.330 e. The molecule has 1 aliphatic carbocycles. The summed E-state index contributed by atoms with van der Waals surface area (Å²) in [6.45, 7) is 2.93. The first-order valence-corrected chi connectivity index (χ1v) is 15.4. The first-order valence-electron chi connectivity index (χ1n) is 14.6. The third kappa shape index (κ3) is 7.96. The van der Waals surface area contributed by atoms with E-state index in [4.69, 9.17) is 4.98 Å². The quantitative estimate of drug-likeness (QED) is 0.136. The molecule has 0 saturated carbocycles. The molecule has 1 atom stereocenters. The maximum Gasteiger partial charge on any atom is 0.416 e. The van der Waals surface area contributed by atoms with E-state index in [0.717, 1.165) is 46.1 Å². The molecule has 1 aliphatic rings. The Labute approximate surface area is 267 Å². The maximum atomic E-state index is 14.0. The Bertz CT molecular complexity index is 1740. The maximum absolute atomic E-state index is 14.0. The zero-order chi connectivity index (χ0) is 34.3. The Kier molecular flexibility index (Phi) is 9.45. The summed E-state index contributed by atoms with van der Waals surface area (Å²) in [6.07, 6.45) is -9.68. The van der Waals surface area contributed by atoms with Gasteiger partial charge in [0, 0.05) is 29.4 Å². The van der Waals surface area contributed by atoms with E-state index in [0.29, 0.717) is 29.8 Å². The summed E-state index contributed by atoms with van der Waals surface area (Å²) in [7, 11) is 1.39. The minimum absolute atomic E-state index is 0.00877. The van der Waals surface area contributed by atoms with Crippen molar-refractivity contribution in [1.82, 2.24) is 25.2 Å². The van der Waals surface area contributed by atoms with Gasteiger partial charge in [-0.25, -0.2) is 4.98 Å². The molecule has 2 aromatic heterocycles. The number of halogens is 9. The molecule has 16 heteroatoms. The second-order valence-electron chi connectivity index (χ2n) is 11.4. The smallest absolute Gasteiger partial charge is 0.330 e. The van der Waals surface area contributed by atoms with Crippen molar-refractivity contribution in [3.05, 3.63) is 85.7 Å². The van der Waals surface area contributed by atoms with Crippen LogP contribution in [0.1, 0.15) is 76.7 Å². The Morgan fingerprint density at radius 2 is 1.55 bits per heavy atom. The molecular weight excluding hydrogens is 659 g/mol. The molecule has 0 radical (unpaired) electrons. The summed E-state index contributed by atoms with van der Waals surface area (Å²) >= 11 is 1.48. The lowest BCUT2D eigenvalue weighted by molar-refractivity contribution is -0.143. The second-order valence-corrected chi connectivity index (χ2v) is 12.5. The Morgan fingerprint density at radius 3 is 2.09 bits per heavy atom. The van der Waals surface area contributed by atoms with Gasteiger partial charge in [0.05, 0.1) is 34.4 Å². The van der Waals surface area contributed by atoms with Gasteiger partial charge in [0.15, 0.2) is 0 Å². The van der Waals surface area contributed by atoms with Gasteiger partial charge in [-0.3, -0.25) is 0 Å². The highest BCUT2D eigenvalue weighted by Crippen LogP contribution is 2.42. The van der Waals surface area contributed by atoms with Crippen molar-refractivity contribution in [2.45, 2.75) is 77.1 Å². The van der Waals surface area contributed by atoms with Crippen LogP contribution < -0.4 is 4.90 Å². The van der Waals surface area contributed by atoms with Crippen LogP contribution in [-0.4, -0.2) is 25.2 Å². The lowest BCUT2D eigenvalue weighted by atomic mass is 9.91. The number of aromatic nitrogens is 5. The Morgan fingerprint density at radius 1 is 0.894 bits per heavy atom. The number of benzene rings is 2. The molecule has 1 unspecified atom stereocenters. The Hall–Kier alpha value is -3.95. The summed E-state index contributed by atoms with van der Waals surface area (Å²) < 4.78 is 124. The largest absolute Gasteiger partial charge is 0.416 e. The van der Waals surface area contributed by atoms with Gasteiger partial charge in [-0.15, -0.1) is 16.4 Å². The number of hydrogen-bond donors (Lipinski definition) is 0. The molecule has 0 N–H and O–H groups in total. The van der Waals surface area contributed by atoms with Gasteiger partial charge in [-0.2, -0.15) is 44.3 Å². The van der Waals surface area contributed by atoms with Crippen molar-refractivity contribution in [1.29, 1.82) is 0 Å². The van der Waals surface area contributed by atoms with E-state index in [1.165, 1.54) is 34.9 Å². The number of rotatable bonds is 8. The first-order chi connectivity index (χ1) is 21.9. The van der Waals surface area contributed by atoms with Gasteiger partial charge < -0.3 is 4.90 Å². The molecule has 4 aromatic rings. The van der Waals surface area contributed by atoms with Crippen LogP contribution in [-0.2, 0) is 45.1 Å². The zero-order valence-corrected chi connectivity index (χ0v) is 26.2. The number of tetrazole rings is 1. The molecule has 6 nitrogen and oxygen atoms in total. The van der Waals surface area contributed by atoms with Gasteiger partial charge in [0.2, 0.25) is 0 Å². The van der Waals surface area contributed by atoms with E-state index in [1.807, 2.05) is 6.92 Å². The van der Waals surface area contributed by atoms with E-state index < -0.39 is 53.9 Å². The number of allylic oxidation sites excluding steroid dienone is 2. The third-order valence-corrected chi connectivity index (χ3v) is 9.23. The molecule has 0 saturated heterocycles. The van der Waals surface area contributed by atoms with Crippen LogP contribution in [0.4, 0.5) is 45.5 Å². The summed E-state index contributed by atoms with van der Waals surface area (Å²) in [5, 5.41) is 12.5. The molecule has 0 fully saturated rings. The van der Waals surface area contributed by atoms with Gasteiger partial charge in [0.25, 0.3) is 5.95 Å². The highest BCUT2D eigenvalue weighted by molar-refractivity contribution is 7.12. The van der Waals surface area contributed by atoms with Crippen LogP contribution in [0.15, 0.2) is 48.0 Å². The monoisotopic (exact) mass is 688 g/mol. The average molecular weight is 689 g/mol. The van der Waals surface area contributed by atoms with Crippen LogP contribution >= 0.6 is 11.3 Å². The summed E-state index contributed by atoms with van der Waals surface area (Å²) in [5.74, 6) is -0.0643. The molecule has 2 aromatic carbocycles. The summed E-state index contributed by atoms with van der Waals surface area (Å²) in [4.78, 5) is 7.94. The van der Waals surface area contributed by atoms with Crippen molar-refractivity contribution in [3.63, 3.8) is 0 Å².